The molecule has 0 fully saturated rings. The number of aryl methyl sites for hydroxylation is 5. The second-order valence-electron chi connectivity index (χ2n) is 15.5. The van der Waals surface area contributed by atoms with Crippen LogP contribution in [-0.2, 0) is 25.7 Å². The summed E-state index contributed by atoms with van der Waals surface area (Å²) in [5.74, 6) is -0.549. The first-order valence-corrected chi connectivity index (χ1v) is 20.5. The van der Waals surface area contributed by atoms with Crippen LogP contribution in [0.15, 0.2) is 181 Å². The van der Waals surface area contributed by atoms with E-state index < -0.39 is 6.85 Å². The maximum atomic E-state index is 13.5. The molecule has 10 rings (SSSR count). The van der Waals surface area contributed by atoms with Gasteiger partial charge >= 0.3 is 0 Å². The normalized spacial score (nSPS) is 12.3. The Morgan fingerprint density at radius 1 is 0.452 bits per heavy atom. The minimum absolute atomic E-state index is 0.0115. The molecule has 0 saturated heterocycles. The summed E-state index contributed by atoms with van der Waals surface area (Å²) in [5.41, 5.74) is 14.5. The zero-order valence-corrected chi connectivity index (χ0v) is 33.5. The summed E-state index contributed by atoms with van der Waals surface area (Å²) in [6.07, 6.45) is 8.86. The first-order valence-electron chi connectivity index (χ1n) is 22.0. The van der Waals surface area contributed by atoms with E-state index in [1.54, 1.807) is 30.3 Å². The number of hydrogen-bond donors (Lipinski definition) is 0. The molecule has 0 bridgehead atoms. The molecule has 300 valence electrons. The third-order valence-corrected chi connectivity index (χ3v) is 11.3. The molecule has 62 heavy (non-hydrogen) atoms. The average molecular weight is 814 g/mol. The lowest BCUT2D eigenvalue weighted by molar-refractivity contribution is 0.627. The number of nitrogens with zero attached hydrogens (tertiary/aromatic N) is 4. The van der Waals surface area contributed by atoms with Gasteiger partial charge in [-0.25, -0.2) is 13.8 Å². The molecular formula is C55H40F2N4O. The van der Waals surface area contributed by atoms with Gasteiger partial charge in [0.1, 0.15) is 17.2 Å². The quantitative estimate of drug-likeness (QED) is 0.130. The molecule has 0 atom stereocenters. The maximum absolute atomic E-state index is 13.5. The van der Waals surface area contributed by atoms with Crippen molar-refractivity contribution in [3.63, 3.8) is 0 Å². The fraction of sp³-hybridized carbons (Fsp3) is 0.0909. The highest BCUT2D eigenvalue weighted by Gasteiger charge is 2.16. The van der Waals surface area contributed by atoms with Gasteiger partial charge in [0.25, 0.3) is 0 Å². The van der Waals surface area contributed by atoms with Crippen LogP contribution in [0.3, 0.4) is 0 Å². The lowest BCUT2D eigenvalue weighted by atomic mass is 9.90. The SMILES string of the molecule is [2H]C([2H])([2H])c1ccc2c(n1)oc1c(-c3ccc(-c4ccccc4-c4cc(CCc5ccc(-c6ccc(F)cc6)nc5)cc(CCc5ccc(-c6ccc(F)cc6)nc5)c4)cn3)cccc12. The minimum Gasteiger partial charge on any atom is -0.437 e. The molecule has 0 amide bonds. The number of aromatic nitrogens is 4. The zero-order valence-electron chi connectivity index (χ0n) is 36.5. The minimum atomic E-state index is -2.34. The number of rotatable bonds is 11. The van der Waals surface area contributed by atoms with E-state index in [4.69, 9.17) is 23.5 Å². The van der Waals surface area contributed by atoms with Crippen LogP contribution >= 0.6 is 0 Å². The van der Waals surface area contributed by atoms with Gasteiger partial charge in [0.2, 0.25) is 5.71 Å². The fourth-order valence-corrected chi connectivity index (χ4v) is 8.09. The predicted molar refractivity (Wildman–Crippen MR) is 244 cm³/mol. The van der Waals surface area contributed by atoms with Crippen molar-refractivity contribution in [1.82, 2.24) is 19.9 Å². The molecule has 0 unspecified atom stereocenters. The van der Waals surface area contributed by atoms with Crippen LogP contribution in [0, 0.1) is 18.5 Å². The van der Waals surface area contributed by atoms with Gasteiger partial charge < -0.3 is 4.42 Å². The van der Waals surface area contributed by atoms with Gasteiger partial charge in [-0.15, -0.1) is 0 Å². The van der Waals surface area contributed by atoms with Crippen LogP contribution in [0.25, 0.3) is 78.1 Å². The molecule has 7 heteroatoms. The Balaban J connectivity index is 0.945. The van der Waals surface area contributed by atoms with Crippen molar-refractivity contribution in [2.45, 2.75) is 32.5 Å². The van der Waals surface area contributed by atoms with Gasteiger partial charge in [-0.2, -0.15) is 0 Å². The standard InChI is InChI=1S/C55H40F2N4O/c1-35-9-25-49-48-7-4-8-50(54(48)62-55(49)61-35)53-28-20-42(34-60-53)46-5-2-3-6-47(46)43-30-38(12-10-36-14-26-51(58-32-36)40-16-21-44(56)22-17-40)29-39(31-43)13-11-37-15-27-52(59-33-37)41-18-23-45(57)24-19-41/h2-9,14-34H,10-13H2,1H3/i1D3. The van der Waals surface area contributed by atoms with Crippen LogP contribution in [0.4, 0.5) is 8.78 Å². The summed E-state index contributed by atoms with van der Waals surface area (Å²) in [5, 5.41) is 1.58. The lowest BCUT2D eigenvalue weighted by Gasteiger charge is -2.15. The smallest absolute Gasteiger partial charge is 0.227 e. The molecule has 0 N–H and O–H groups in total. The number of benzene rings is 5. The van der Waals surface area contributed by atoms with Crippen molar-refractivity contribution >= 4 is 22.1 Å². The molecule has 5 aromatic heterocycles. The van der Waals surface area contributed by atoms with Crippen molar-refractivity contribution in [1.29, 1.82) is 0 Å². The molecule has 10 aromatic rings. The summed E-state index contributed by atoms with van der Waals surface area (Å²) >= 11 is 0. The molecule has 0 saturated carbocycles. The van der Waals surface area contributed by atoms with Gasteiger partial charge in [-0.1, -0.05) is 72.8 Å². The number of pyridine rings is 4. The van der Waals surface area contributed by atoms with E-state index in [0.717, 1.165) is 104 Å². The largest absolute Gasteiger partial charge is 0.437 e. The Hall–Kier alpha value is -7.64. The highest BCUT2D eigenvalue weighted by molar-refractivity contribution is 6.08. The predicted octanol–water partition coefficient (Wildman–Crippen LogP) is 13.7. The molecule has 0 radical (unpaired) electrons. The Morgan fingerprint density at radius 2 is 1.00 bits per heavy atom. The lowest BCUT2D eigenvalue weighted by Crippen LogP contribution is -1.99. The number of halogens is 2. The average Bonchev–Trinajstić information content (AvgIpc) is 3.72. The van der Waals surface area contributed by atoms with Crippen LogP contribution in [0.2, 0.25) is 0 Å². The van der Waals surface area contributed by atoms with E-state index >= 15 is 0 Å². The van der Waals surface area contributed by atoms with E-state index in [1.165, 1.54) is 41.5 Å². The monoisotopic (exact) mass is 813 g/mol. The molecule has 0 spiro atoms. The first kappa shape index (κ1) is 35.1. The number of furan rings is 1. The molecular weight excluding hydrogens is 771 g/mol. The number of para-hydroxylation sites is 1. The van der Waals surface area contributed by atoms with Crippen LogP contribution in [0.1, 0.15) is 32.1 Å². The summed E-state index contributed by atoms with van der Waals surface area (Å²) in [4.78, 5) is 18.7. The summed E-state index contributed by atoms with van der Waals surface area (Å²) in [6, 6.07) is 49.3. The van der Waals surface area contributed by atoms with Crippen molar-refractivity contribution in [3.05, 3.63) is 216 Å². The molecule has 0 aliphatic carbocycles. The first-order chi connectivity index (χ1) is 31.6. The summed E-state index contributed by atoms with van der Waals surface area (Å²) in [7, 11) is 0. The van der Waals surface area contributed by atoms with Gasteiger partial charge in [0.05, 0.1) is 17.1 Å². The summed E-state index contributed by atoms with van der Waals surface area (Å²) < 4.78 is 56.7. The van der Waals surface area contributed by atoms with E-state index in [2.05, 4.69) is 59.6 Å². The molecule has 5 aromatic carbocycles. The number of hydrogen-bond acceptors (Lipinski definition) is 5. The second-order valence-corrected chi connectivity index (χ2v) is 15.5. The maximum Gasteiger partial charge on any atom is 0.227 e. The van der Waals surface area contributed by atoms with Crippen molar-refractivity contribution in [2.24, 2.45) is 0 Å². The van der Waals surface area contributed by atoms with E-state index in [0.29, 0.717) is 5.58 Å². The topological polar surface area (TPSA) is 64.7 Å². The van der Waals surface area contributed by atoms with E-state index in [-0.39, 0.29) is 23.0 Å². The Kier molecular flexibility index (Phi) is 9.51. The molecule has 0 aliphatic heterocycles. The fourth-order valence-electron chi connectivity index (χ4n) is 8.09. The van der Waals surface area contributed by atoms with Crippen LogP contribution < -0.4 is 0 Å². The Labute approximate surface area is 362 Å². The zero-order chi connectivity index (χ0) is 44.5. The van der Waals surface area contributed by atoms with Crippen molar-refractivity contribution in [2.75, 3.05) is 0 Å². The highest BCUT2D eigenvalue weighted by atomic mass is 19.1. The second kappa shape index (κ2) is 16.8. The van der Waals surface area contributed by atoms with Crippen molar-refractivity contribution in [3.8, 4) is 56.0 Å². The van der Waals surface area contributed by atoms with Crippen molar-refractivity contribution < 1.29 is 17.3 Å². The highest BCUT2D eigenvalue weighted by Crippen LogP contribution is 2.37. The molecule has 0 aliphatic rings. The summed E-state index contributed by atoms with van der Waals surface area (Å²) in [6.45, 7) is -2.34. The van der Waals surface area contributed by atoms with E-state index in [9.17, 15) is 8.78 Å². The van der Waals surface area contributed by atoms with Crippen LogP contribution in [0.5, 0.6) is 0 Å². The molecule has 5 nitrogen and oxygen atoms in total. The van der Waals surface area contributed by atoms with Gasteiger partial charge in [-0.3, -0.25) is 15.0 Å². The third-order valence-electron chi connectivity index (χ3n) is 11.3. The molecule has 5 heterocycles. The Bertz CT molecular complexity index is 3190. The number of fused-ring (bicyclic) bond motifs is 3. The Morgan fingerprint density at radius 3 is 1.56 bits per heavy atom. The van der Waals surface area contributed by atoms with E-state index in [1.807, 2.05) is 61.1 Å². The third kappa shape index (κ3) is 8.13. The van der Waals surface area contributed by atoms with Gasteiger partial charge in [0, 0.05) is 61.4 Å². The van der Waals surface area contributed by atoms with Crippen LogP contribution in [-0.4, -0.2) is 19.9 Å². The van der Waals surface area contributed by atoms with Gasteiger partial charge in [-0.05, 0) is 156 Å². The van der Waals surface area contributed by atoms with Gasteiger partial charge in [0.15, 0.2) is 0 Å².